The van der Waals surface area contributed by atoms with Gasteiger partial charge in [-0.1, -0.05) is 29.5 Å². The van der Waals surface area contributed by atoms with Crippen molar-refractivity contribution in [1.29, 1.82) is 0 Å². The van der Waals surface area contributed by atoms with E-state index in [1.54, 1.807) is 0 Å². The number of cyclic esters (lactones) is 2. The Balaban J connectivity index is 2.13. The number of carbonyl (C=O) groups is 2. The Morgan fingerprint density at radius 2 is 1.58 bits per heavy atom. The lowest BCUT2D eigenvalue weighted by molar-refractivity contribution is -0.222. The summed E-state index contributed by atoms with van der Waals surface area (Å²) in [6.07, 6.45) is 0. The third kappa shape index (κ3) is 3.38. The number of esters is 2. The summed E-state index contributed by atoms with van der Waals surface area (Å²) in [5, 5.41) is 1.46. The minimum Gasteiger partial charge on any atom is -0.419 e. The van der Waals surface area contributed by atoms with Crippen LogP contribution in [0.25, 0.3) is 0 Å². The van der Waals surface area contributed by atoms with Crippen LogP contribution >= 0.6 is 11.8 Å². The van der Waals surface area contributed by atoms with Crippen molar-refractivity contribution in [3.8, 4) is 0 Å². The predicted octanol–water partition coefficient (Wildman–Crippen LogP) is 2.81. The van der Waals surface area contributed by atoms with Crippen LogP contribution in [0.5, 0.6) is 0 Å². The van der Waals surface area contributed by atoms with E-state index in [1.807, 2.05) is 31.2 Å². The Labute approximate surface area is 115 Å². The van der Waals surface area contributed by atoms with Gasteiger partial charge in [0.2, 0.25) is 0 Å². The molecule has 4 nitrogen and oxygen atoms in total. The van der Waals surface area contributed by atoms with Gasteiger partial charge in [0.05, 0.1) is 0 Å². The molecule has 1 aliphatic heterocycles. The van der Waals surface area contributed by atoms with Crippen molar-refractivity contribution in [3.05, 3.63) is 40.8 Å². The van der Waals surface area contributed by atoms with Crippen molar-refractivity contribution in [2.45, 2.75) is 31.5 Å². The average molecular weight is 278 g/mol. The summed E-state index contributed by atoms with van der Waals surface area (Å²) in [7, 11) is 0. The lowest BCUT2D eigenvalue weighted by Crippen LogP contribution is -2.41. The van der Waals surface area contributed by atoms with E-state index in [0.717, 1.165) is 10.5 Å². The highest BCUT2D eigenvalue weighted by atomic mass is 32.2. The Morgan fingerprint density at radius 3 is 2.11 bits per heavy atom. The molecule has 1 aliphatic rings. The number of hydrogen-bond acceptors (Lipinski definition) is 5. The number of hydrogen-bond donors (Lipinski definition) is 0. The normalized spacial score (nSPS) is 17.7. The number of thioether (sulfide) groups is 1. The van der Waals surface area contributed by atoms with E-state index < -0.39 is 17.7 Å². The highest BCUT2D eigenvalue weighted by Gasteiger charge is 2.38. The van der Waals surface area contributed by atoms with Gasteiger partial charge in [-0.25, -0.2) is 9.59 Å². The third-order valence-corrected chi connectivity index (χ3v) is 3.35. The van der Waals surface area contributed by atoms with E-state index in [1.165, 1.54) is 31.0 Å². The first-order valence-corrected chi connectivity index (χ1v) is 6.65. The van der Waals surface area contributed by atoms with Gasteiger partial charge in [-0.05, 0) is 24.5 Å². The van der Waals surface area contributed by atoms with Crippen LogP contribution in [0, 0.1) is 6.92 Å². The molecule has 2 rings (SSSR count). The maximum Gasteiger partial charge on any atom is 0.349 e. The van der Waals surface area contributed by atoms with E-state index in [2.05, 4.69) is 0 Å². The average Bonchev–Trinajstić information content (AvgIpc) is 2.29. The molecule has 1 aromatic carbocycles. The second-order valence-corrected chi connectivity index (χ2v) is 5.58. The van der Waals surface area contributed by atoms with Crippen LogP contribution in [0.15, 0.2) is 40.1 Å². The van der Waals surface area contributed by atoms with Gasteiger partial charge >= 0.3 is 11.9 Å². The molecule has 0 N–H and O–H groups in total. The molecule has 1 aromatic rings. The SMILES string of the molecule is Cc1ccc(SC=C2C(=O)OC(C)(C)OC2=O)cc1. The van der Waals surface area contributed by atoms with Crippen LogP contribution < -0.4 is 0 Å². The summed E-state index contributed by atoms with van der Waals surface area (Å²) >= 11 is 1.28. The fourth-order valence-electron chi connectivity index (χ4n) is 1.50. The minimum absolute atomic E-state index is 0.0788. The monoisotopic (exact) mass is 278 g/mol. The van der Waals surface area contributed by atoms with E-state index in [9.17, 15) is 9.59 Å². The molecule has 0 atom stereocenters. The molecular weight excluding hydrogens is 264 g/mol. The standard InChI is InChI=1S/C14H14O4S/c1-9-4-6-10(7-5-9)19-8-11-12(15)17-14(2,3)18-13(11)16/h4-8H,1-3H3. The Hall–Kier alpha value is -1.75. The molecule has 0 radical (unpaired) electrons. The van der Waals surface area contributed by atoms with Crippen LogP contribution in [-0.4, -0.2) is 17.7 Å². The molecule has 0 aromatic heterocycles. The summed E-state index contributed by atoms with van der Waals surface area (Å²) < 4.78 is 10.0. The maximum absolute atomic E-state index is 11.7. The lowest BCUT2D eigenvalue weighted by atomic mass is 10.2. The number of benzene rings is 1. The van der Waals surface area contributed by atoms with Crippen LogP contribution in [0.4, 0.5) is 0 Å². The molecule has 0 saturated carbocycles. The molecule has 100 valence electrons. The summed E-state index contributed by atoms with van der Waals surface area (Å²) in [5.74, 6) is -2.50. The van der Waals surface area contributed by atoms with Crippen molar-refractivity contribution in [2.24, 2.45) is 0 Å². The predicted molar refractivity (Wildman–Crippen MR) is 71.4 cm³/mol. The van der Waals surface area contributed by atoms with Crippen molar-refractivity contribution in [2.75, 3.05) is 0 Å². The zero-order chi connectivity index (χ0) is 14.0. The van der Waals surface area contributed by atoms with Gasteiger partial charge in [0.25, 0.3) is 5.79 Å². The molecule has 0 aliphatic carbocycles. The van der Waals surface area contributed by atoms with Gasteiger partial charge in [-0.3, -0.25) is 0 Å². The zero-order valence-corrected chi connectivity index (χ0v) is 11.7. The highest BCUT2D eigenvalue weighted by molar-refractivity contribution is 8.02. The Kier molecular flexibility index (Phi) is 3.66. The van der Waals surface area contributed by atoms with Gasteiger partial charge in [0, 0.05) is 18.7 Å². The Morgan fingerprint density at radius 1 is 1.05 bits per heavy atom. The Bertz CT molecular complexity index is 521. The number of rotatable bonds is 2. The van der Waals surface area contributed by atoms with E-state index in [0.29, 0.717) is 0 Å². The first-order chi connectivity index (χ1) is 8.87. The second kappa shape index (κ2) is 5.09. The van der Waals surface area contributed by atoms with Gasteiger partial charge in [-0.2, -0.15) is 0 Å². The van der Waals surface area contributed by atoms with E-state index in [-0.39, 0.29) is 5.57 Å². The van der Waals surface area contributed by atoms with E-state index >= 15 is 0 Å². The summed E-state index contributed by atoms with van der Waals surface area (Å²) in [5.41, 5.74) is 1.07. The molecular formula is C14H14O4S. The molecule has 1 heterocycles. The van der Waals surface area contributed by atoms with Crippen molar-refractivity contribution in [3.63, 3.8) is 0 Å². The van der Waals surface area contributed by atoms with Crippen LogP contribution in [-0.2, 0) is 19.1 Å². The summed E-state index contributed by atoms with van der Waals surface area (Å²) in [6, 6.07) is 7.75. The van der Waals surface area contributed by atoms with E-state index in [4.69, 9.17) is 9.47 Å². The maximum atomic E-state index is 11.7. The van der Waals surface area contributed by atoms with Crippen molar-refractivity contribution < 1.29 is 19.1 Å². The smallest absolute Gasteiger partial charge is 0.349 e. The van der Waals surface area contributed by atoms with Gasteiger partial charge in [-0.15, -0.1) is 0 Å². The molecule has 19 heavy (non-hydrogen) atoms. The van der Waals surface area contributed by atoms with Gasteiger partial charge < -0.3 is 9.47 Å². The third-order valence-electron chi connectivity index (χ3n) is 2.45. The molecule has 0 spiro atoms. The van der Waals surface area contributed by atoms with Crippen LogP contribution in [0.2, 0.25) is 0 Å². The fourth-order valence-corrected chi connectivity index (χ4v) is 2.24. The minimum atomic E-state index is -1.19. The molecule has 1 saturated heterocycles. The number of aryl methyl sites for hydroxylation is 1. The zero-order valence-electron chi connectivity index (χ0n) is 10.9. The first kappa shape index (κ1) is 13.7. The molecule has 0 unspecified atom stereocenters. The second-order valence-electron chi connectivity index (χ2n) is 4.64. The quantitative estimate of drug-likeness (QED) is 0.360. The van der Waals surface area contributed by atoms with Crippen molar-refractivity contribution in [1.82, 2.24) is 0 Å². The fraction of sp³-hybridized carbons (Fsp3) is 0.286. The molecule has 5 heteroatoms. The van der Waals surface area contributed by atoms with Gasteiger partial charge in [0.1, 0.15) is 0 Å². The van der Waals surface area contributed by atoms with Crippen molar-refractivity contribution >= 4 is 23.7 Å². The van der Waals surface area contributed by atoms with Crippen LogP contribution in [0.3, 0.4) is 0 Å². The summed E-state index contributed by atoms with van der Waals surface area (Å²) in [4.78, 5) is 24.3. The largest absolute Gasteiger partial charge is 0.419 e. The van der Waals surface area contributed by atoms with Gasteiger partial charge in [0.15, 0.2) is 5.57 Å². The lowest BCUT2D eigenvalue weighted by Gasteiger charge is -2.29. The number of ether oxygens (including phenoxy) is 2. The summed E-state index contributed by atoms with van der Waals surface area (Å²) in [6.45, 7) is 5.03. The van der Waals surface area contributed by atoms with Crippen LogP contribution in [0.1, 0.15) is 19.4 Å². The molecule has 1 fully saturated rings. The highest BCUT2D eigenvalue weighted by Crippen LogP contribution is 2.27. The first-order valence-electron chi connectivity index (χ1n) is 5.77. The number of carbonyl (C=O) groups excluding carboxylic acids is 2. The topological polar surface area (TPSA) is 52.6 Å². The molecule has 0 amide bonds. The molecule has 0 bridgehead atoms.